The van der Waals surface area contributed by atoms with Crippen molar-refractivity contribution < 1.29 is 23.7 Å². The molecule has 8 heteroatoms. The summed E-state index contributed by atoms with van der Waals surface area (Å²) >= 11 is 0. The molecule has 28 heavy (non-hydrogen) atoms. The molecule has 1 fully saturated rings. The molecule has 1 amide bonds. The Bertz CT molecular complexity index is 809. The van der Waals surface area contributed by atoms with Crippen LogP contribution in [-0.2, 0) is 0 Å². The van der Waals surface area contributed by atoms with Crippen molar-refractivity contribution in [2.24, 2.45) is 0 Å². The highest BCUT2D eigenvalue weighted by atomic mass is 16.5. The minimum absolute atomic E-state index is 0.0262. The second-order valence-electron chi connectivity index (χ2n) is 6.47. The molecule has 8 nitrogen and oxygen atoms in total. The molecule has 1 saturated heterocycles. The molecule has 1 aliphatic rings. The highest BCUT2D eigenvalue weighted by Crippen LogP contribution is 2.38. The van der Waals surface area contributed by atoms with E-state index < -0.39 is 0 Å². The summed E-state index contributed by atoms with van der Waals surface area (Å²) in [5, 5.41) is 0. The fourth-order valence-electron chi connectivity index (χ4n) is 3.23. The number of benzene rings is 1. The van der Waals surface area contributed by atoms with Crippen LogP contribution < -0.4 is 18.9 Å². The maximum atomic E-state index is 13.0. The van der Waals surface area contributed by atoms with Crippen molar-refractivity contribution in [3.8, 4) is 23.1 Å². The minimum Gasteiger partial charge on any atom is -0.493 e. The van der Waals surface area contributed by atoms with Crippen LogP contribution in [0.25, 0.3) is 0 Å². The van der Waals surface area contributed by atoms with Gasteiger partial charge in [-0.1, -0.05) is 0 Å². The zero-order valence-electron chi connectivity index (χ0n) is 16.6. The van der Waals surface area contributed by atoms with Crippen LogP contribution in [-0.4, -0.2) is 61.3 Å². The van der Waals surface area contributed by atoms with E-state index in [1.54, 1.807) is 24.4 Å². The summed E-state index contributed by atoms with van der Waals surface area (Å²) in [4.78, 5) is 23.1. The van der Waals surface area contributed by atoms with Crippen LogP contribution in [0.1, 0.15) is 29.0 Å². The highest BCUT2D eigenvalue weighted by molar-refractivity contribution is 5.95. The van der Waals surface area contributed by atoms with Gasteiger partial charge in [-0.3, -0.25) is 4.79 Å². The summed E-state index contributed by atoms with van der Waals surface area (Å²) in [7, 11) is 4.60. The topological polar surface area (TPSA) is 83.0 Å². The Kier molecular flexibility index (Phi) is 6.18. The largest absolute Gasteiger partial charge is 0.493 e. The van der Waals surface area contributed by atoms with Crippen LogP contribution in [0.4, 0.5) is 0 Å². The number of hydrogen-bond acceptors (Lipinski definition) is 7. The fraction of sp³-hybridized carbons (Fsp3) is 0.450. The van der Waals surface area contributed by atoms with Crippen LogP contribution in [0.15, 0.2) is 24.4 Å². The Morgan fingerprint density at radius 2 is 1.71 bits per heavy atom. The third-order valence-corrected chi connectivity index (χ3v) is 4.68. The number of aromatic nitrogens is 2. The minimum atomic E-state index is -0.0735. The summed E-state index contributed by atoms with van der Waals surface area (Å²) in [6, 6.07) is 5.10. The smallest absolute Gasteiger partial charge is 0.254 e. The second kappa shape index (κ2) is 8.77. The normalized spacial score (nSPS) is 14.5. The number of carbonyl (C=O) groups excluding carboxylic acids is 1. The lowest BCUT2D eigenvalue weighted by Gasteiger charge is -2.32. The Morgan fingerprint density at radius 3 is 2.25 bits per heavy atom. The lowest BCUT2D eigenvalue weighted by Crippen LogP contribution is -2.41. The van der Waals surface area contributed by atoms with Gasteiger partial charge < -0.3 is 23.8 Å². The predicted octanol–water partition coefficient (Wildman–Crippen LogP) is 2.49. The third kappa shape index (κ3) is 4.27. The molecule has 0 aliphatic carbocycles. The van der Waals surface area contributed by atoms with E-state index in [1.165, 1.54) is 21.3 Å². The van der Waals surface area contributed by atoms with Crippen LogP contribution in [0.3, 0.4) is 0 Å². The standard InChI is InChI=1S/C20H25N3O5/c1-13-21-8-5-18(22-13)28-15-6-9-23(10-7-15)20(24)14-11-16(25-2)19(27-4)17(12-14)26-3/h5,8,11-12,15H,6-7,9-10H2,1-4H3. The van der Waals surface area contributed by atoms with Gasteiger partial charge in [-0.2, -0.15) is 4.98 Å². The van der Waals surface area contributed by atoms with Crippen molar-refractivity contribution in [1.82, 2.24) is 14.9 Å². The molecule has 0 N–H and O–H groups in total. The van der Waals surface area contributed by atoms with Crippen LogP contribution in [0.2, 0.25) is 0 Å². The number of likely N-dealkylation sites (tertiary alicyclic amines) is 1. The molecule has 1 aromatic carbocycles. The maximum absolute atomic E-state index is 13.0. The van der Waals surface area contributed by atoms with Gasteiger partial charge in [0.2, 0.25) is 11.6 Å². The van der Waals surface area contributed by atoms with Crippen molar-refractivity contribution in [2.75, 3.05) is 34.4 Å². The summed E-state index contributed by atoms with van der Waals surface area (Å²) in [6.45, 7) is 3.03. The Balaban J connectivity index is 1.66. The van der Waals surface area contributed by atoms with E-state index in [4.69, 9.17) is 18.9 Å². The highest BCUT2D eigenvalue weighted by Gasteiger charge is 2.26. The molecule has 0 atom stereocenters. The van der Waals surface area contributed by atoms with Crippen molar-refractivity contribution >= 4 is 5.91 Å². The number of ether oxygens (including phenoxy) is 4. The number of amides is 1. The Hall–Kier alpha value is -3.03. The quantitative estimate of drug-likeness (QED) is 0.753. The van der Waals surface area contributed by atoms with Crippen LogP contribution >= 0.6 is 0 Å². The Morgan fingerprint density at radius 1 is 1.07 bits per heavy atom. The first-order valence-corrected chi connectivity index (χ1v) is 9.11. The molecular formula is C20H25N3O5. The van der Waals surface area contributed by atoms with Crippen LogP contribution in [0.5, 0.6) is 23.1 Å². The van der Waals surface area contributed by atoms with Gasteiger partial charge in [0.25, 0.3) is 5.91 Å². The van der Waals surface area contributed by atoms with Gasteiger partial charge in [0.1, 0.15) is 11.9 Å². The first-order valence-electron chi connectivity index (χ1n) is 9.11. The van der Waals surface area contributed by atoms with Gasteiger partial charge in [0.05, 0.1) is 21.3 Å². The zero-order chi connectivity index (χ0) is 20.1. The van der Waals surface area contributed by atoms with Gasteiger partial charge in [-0.15, -0.1) is 0 Å². The molecule has 0 bridgehead atoms. The second-order valence-corrected chi connectivity index (χ2v) is 6.47. The number of hydrogen-bond donors (Lipinski definition) is 0. The zero-order valence-corrected chi connectivity index (χ0v) is 16.6. The lowest BCUT2D eigenvalue weighted by molar-refractivity contribution is 0.0586. The van der Waals surface area contributed by atoms with E-state index in [1.807, 2.05) is 11.8 Å². The van der Waals surface area contributed by atoms with E-state index >= 15 is 0 Å². The molecule has 1 aromatic heterocycles. The lowest BCUT2D eigenvalue weighted by atomic mass is 10.1. The van der Waals surface area contributed by atoms with Crippen molar-refractivity contribution in [3.63, 3.8) is 0 Å². The van der Waals surface area contributed by atoms with E-state index in [-0.39, 0.29) is 12.0 Å². The maximum Gasteiger partial charge on any atom is 0.254 e. The first kappa shape index (κ1) is 19.7. The first-order chi connectivity index (χ1) is 13.5. The van der Waals surface area contributed by atoms with Crippen LogP contribution in [0, 0.1) is 6.92 Å². The van der Waals surface area contributed by atoms with Gasteiger partial charge in [0.15, 0.2) is 11.5 Å². The molecule has 0 spiro atoms. The van der Waals surface area contributed by atoms with E-state index in [0.29, 0.717) is 47.6 Å². The number of nitrogens with zero attached hydrogens (tertiary/aromatic N) is 3. The number of aryl methyl sites for hydroxylation is 1. The molecule has 0 saturated carbocycles. The van der Waals surface area contributed by atoms with Gasteiger partial charge in [-0.05, 0) is 19.1 Å². The molecule has 0 radical (unpaired) electrons. The van der Waals surface area contributed by atoms with Crippen molar-refractivity contribution in [2.45, 2.75) is 25.9 Å². The average Bonchev–Trinajstić information content (AvgIpc) is 2.72. The van der Waals surface area contributed by atoms with E-state index in [2.05, 4.69) is 9.97 Å². The summed E-state index contributed by atoms with van der Waals surface area (Å²) < 4.78 is 21.9. The Labute approximate surface area is 164 Å². The predicted molar refractivity (Wildman–Crippen MR) is 102 cm³/mol. The SMILES string of the molecule is COc1cc(C(=O)N2CCC(Oc3ccnc(C)n3)CC2)cc(OC)c1OC. The molecule has 1 aliphatic heterocycles. The molecular weight excluding hydrogens is 362 g/mol. The number of methoxy groups -OCH3 is 3. The van der Waals surface area contributed by atoms with Gasteiger partial charge in [-0.25, -0.2) is 4.98 Å². The van der Waals surface area contributed by atoms with E-state index in [9.17, 15) is 4.79 Å². The fourth-order valence-corrected chi connectivity index (χ4v) is 3.23. The van der Waals surface area contributed by atoms with Gasteiger partial charge in [0, 0.05) is 43.8 Å². The molecule has 3 rings (SSSR count). The molecule has 150 valence electrons. The van der Waals surface area contributed by atoms with Gasteiger partial charge >= 0.3 is 0 Å². The number of piperidine rings is 1. The summed E-state index contributed by atoms with van der Waals surface area (Å²) in [6.07, 6.45) is 3.18. The van der Waals surface area contributed by atoms with E-state index in [0.717, 1.165) is 12.8 Å². The molecule has 0 unspecified atom stereocenters. The molecule has 2 aromatic rings. The average molecular weight is 387 g/mol. The number of rotatable bonds is 6. The van der Waals surface area contributed by atoms with Crippen molar-refractivity contribution in [3.05, 3.63) is 35.8 Å². The van der Waals surface area contributed by atoms with Crippen molar-refractivity contribution in [1.29, 1.82) is 0 Å². The summed E-state index contributed by atoms with van der Waals surface area (Å²) in [5.41, 5.74) is 0.500. The monoisotopic (exact) mass is 387 g/mol. The molecule has 2 heterocycles. The third-order valence-electron chi connectivity index (χ3n) is 4.68. The number of carbonyl (C=O) groups is 1. The summed E-state index contributed by atoms with van der Waals surface area (Å²) in [5.74, 6) is 2.56.